The Hall–Kier alpha value is -0.950. The Bertz CT molecular complexity index is 469. The van der Waals surface area contributed by atoms with Crippen LogP contribution in [0.2, 0.25) is 0 Å². The van der Waals surface area contributed by atoms with Crippen LogP contribution in [0.3, 0.4) is 0 Å². The molecule has 0 fully saturated rings. The third kappa shape index (κ3) is 5.28. The molecule has 0 radical (unpaired) electrons. The molecule has 0 bridgehead atoms. The van der Waals surface area contributed by atoms with Crippen molar-refractivity contribution in [2.75, 3.05) is 18.2 Å². The quantitative estimate of drug-likeness (QED) is 0.567. The van der Waals surface area contributed by atoms with Crippen molar-refractivity contribution in [2.45, 2.75) is 6.18 Å². The van der Waals surface area contributed by atoms with Gasteiger partial charge in [0, 0.05) is 29.5 Å². The Balaban J connectivity index is 3.12. The van der Waals surface area contributed by atoms with Gasteiger partial charge in [0.15, 0.2) is 5.17 Å². The zero-order chi connectivity index (χ0) is 14.5. The first kappa shape index (κ1) is 16.1. The molecule has 0 aliphatic carbocycles. The summed E-state index contributed by atoms with van der Waals surface area (Å²) in [6.45, 7) is 0. The number of aliphatic imine (C=N–C) groups is 1. The number of anilines is 1. The van der Waals surface area contributed by atoms with Gasteiger partial charge in [-0.15, -0.1) is 0 Å². The van der Waals surface area contributed by atoms with Gasteiger partial charge in [0.2, 0.25) is 0 Å². The van der Waals surface area contributed by atoms with Gasteiger partial charge in [0.25, 0.3) is 0 Å². The van der Waals surface area contributed by atoms with Gasteiger partial charge in [-0.2, -0.15) is 13.2 Å². The van der Waals surface area contributed by atoms with Gasteiger partial charge >= 0.3 is 6.18 Å². The van der Waals surface area contributed by atoms with E-state index in [4.69, 9.17) is 0 Å². The fraction of sp³-hybridized carbons (Fsp3) is 0.250. The van der Waals surface area contributed by atoms with Gasteiger partial charge in [0.1, 0.15) is 0 Å². The minimum Gasteiger partial charge on any atom is -0.297 e. The normalized spacial score (nSPS) is 13.1. The zero-order valence-corrected chi connectivity index (χ0v) is 12.7. The maximum absolute atomic E-state index is 12.3. The lowest BCUT2D eigenvalue weighted by molar-refractivity contribution is -0.0799. The van der Waals surface area contributed by atoms with E-state index in [0.29, 0.717) is 10.9 Å². The van der Waals surface area contributed by atoms with Crippen LogP contribution in [-0.4, -0.2) is 24.6 Å². The largest absolute Gasteiger partial charge is 0.411 e. The molecule has 0 saturated heterocycles. The lowest BCUT2D eigenvalue weighted by Gasteiger charge is -2.21. The van der Waals surface area contributed by atoms with E-state index in [-0.39, 0.29) is 6.08 Å². The van der Waals surface area contributed by atoms with Crippen molar-refractivity contribution in [3.8, 4) is 0 Å². The van der Waals surface area contributed by atoms with Gasteiger partial charge in [-0.1, -0.05) is 27.7 Å². The van der Waals surface area contributed by atoms with E-state index < -0.39 is 6.18 Å². The molecule has 0 amide bonds. The molecule has 1 aromatic carbocycles. The number of rotatable bonds is 2. The molecule has 7 heteroatoms. The van der Waals surface area contributed by atoms with Crippen LogP contribution < -0.4 is 4.90 Å². The van der Waals surface area contributed by atoms with Crippen LogP contribution in [0.5, 0.6) is 0 Å². The average molecular weight is 353 g/mol. The molecule has 2 nitrogen and oxygen atoms in total. The maximum Gasteiger partial charge on any atom is 0.411 e. The highest BCUT2D eigenvalue weighted by Gasteiger charge is 2.23. The highest BCUT2D eigenvalue weighted by atomic mass is 79.9. The average Bonchev–Trinajstić information content (AvgIpc) is 2.35. The van der Waals surface area contributed by atoms with E-state index in [1.54, 1.807) is 37.6 Å². The van der Waals surface area contributed by atoms with Crippen LogP contribution in [0, 0.1) is 0 Å². The molecule has 0 aliphatic heterocycles. The first-order valence-corrected chi connectivity index (χ1v) is 7.21. The summed E-state index contributed by atoms with van der Waals surface area (Å²) in [7, 11) is 1.54. The number of benzene rings is 1. The molecular weight excluding hydrogens is 341 g/mol. The molecule has 0 heterocycles. The Morgan fingerprint density at radius 1 is 1.32 bits per heavy atom. The molecular formula is C12H12BrF3N2S. The number of hydrogen-bond acceptors (Lipinski definition) is 2. The molecule has 1 aromatic rings. The van der Waals surface area contributed by atoms with Crippen LogP contribution in [0.25, 0.3) is 0 Å². The van der Waals surface area contributed by atoms with Crippen molar-refractivity contribution in [1.82, 2.24) is 0 Å². The molecule has 104 valence electrons. The van der Waals surface area contributed by atoms with Crippen LogP contribution in [0.1, 0.15) is 0 Å². The molecule has 0 atom stereocenters. The molecule has 19 heavy (non-hydrogen) atoms. The van der Waals surface area contributed by atoms with Gasteiger partial charge in [-0.05, 0) is 30.5 Å². The van der Waals surface area contributed by atoms with Crippen molar-refractivity contribution < 1.29 is 13.2 Å². The Morgan fingerprint density at radius 3 is 2.32 bits per heavy atom. The van der Waals surface area contributed by atoms with E-state index >= 15 is 0 Å². The maximum atomic E-state index is 12.3. The summed E-state index contributed by atoms with van der Waals surface area (Å²) >= 11 is 4.56. The minimum atomic E-state index is -4.36. The summed E-state index contributed by atoms with van der Waals surface area (Å²) in [5.41, 5.74) is 0.610. The van der Waals surface area contributed by atoms with Gasteiger partial charge in [-0.25, -0.2) is 0 Å². The van der Waals surface area contributed by atoms with Crippen LogP contribution in [-0.2, 0) is 0 Å². The second-order valence-electron chi connectivity index (χ2n) is 3.41. The summed E-state index contributed by atoms with van der Waals surface area (Å²) in [6.07, 6.45) is -1.43. The predicted octanol–water partition coefficient (Wildman–Crippen LogP) is 4.68. The number of halogens is 4. The van der Waals surface area contributed by atoms with E-state index in [9.17, 15) is 13.2 Å². The first-order chi connectivity index (χ1) is 8.87. The Labute approximate surface area is 122 Å². The van der Waals surface area contributed by atoms with Crippen LogP contribution in [0.15, 0.2) is 46.0 Å². The topological polar surface area (TPSA) is 15.6 Å². The summed E-state index contributed by atoms with van der Waals surface area (Å²) in [5, 5.41) is 0.475. The fourth-order valence-electron chi connectivity index (χ4n) is 1.32. The van der Waals surface area contributed by atoms with Crippen molar-refractivity contribution in [2.24, 2.45) is 4.99 Å². The second-order valence-corrected chi connectivity index (χ2v) is 5.10. The van der Waals surface area contributed by atoms with Crippen molar-refractivity contribution >= 4 is 38.5 Å². The number of thioether (sulfide) groups is 1. The first-order valence-electron chi connectivity index (χ1n) is 5.19. The monoisotopic (exact) mass is 352 g/mol. The SMILES string of the molecule is CN=C(SC)N(/C=C/C(F)(F)F)c1ccc(Br)cc1. The summed E-state index contributed by atoms with van der Waals surface area (Å²) in [5.74, 6) is 0. The van der Waals surface area contributed by atoms with E-state index in [1.807, 2.05) is 0 Å². The third-order valence-corrected chi connectivity index (χ3v) is 3.37. The van der Waals surface area contributed by atoms with E-state index in [0.717, 1.165) is 10.7 Å². The standard InChI is InChI=1S/C12H12BrF3N2S/c1-17-11(19-2)18(8-7-12(14,15)16)10-5-3-9(13)4-6-10/h3-8H,1-2H3/b8-7+,17-11?. The summed E-state index contributed by atoms with van der Waals surface area (Å²) in [6, 6.07) is 6.95. The molecule has 0 N–H and O–H groups in total. The number of allylic oxidation sites excluding steroid dienone is 1. The van der Waals surface area contributed by atoms with Gasteiger partial charge in [0.05, 0.1) is 0 Å². The number of nitrogens with zero attached hydrogens (tertiary/aromatic N) is 2. The molecule has 0 saturated carbocycles. The van der Waals surface area contributed by atoms with Gasteiger partial charge in [-0.3, -0.25) is 9.89 Å². The number of hydrogen-bond donors (Lipinski definition) is 0. The zero-order valence-electron chi connectivity index (χ0n) is 10.3. The smallest absolute Gasteiger partial charge is 0.297 e. The second kappa shape index (κ2) is 7.00. The Morgan fingerprint density at radius 2 is 1.89 bits per heavy atom. The molecule has 0 aliphatic rings. The van der Waals surface area contributed by atoms with Crippen LogP contribution in [0.4, 0.5) is 18.9 Å². The third-order valence-electron chi connectivity index (χ3n) is 2.10. The predicted molar refractivity (Wildman–Crippen MR) is 78.7 cm³/mol. The van der Waals surface area contributed by atoms with Gasteiger partial charge < -0.3 is 0 Å². The lowest BCUT2D eigenvalue weighted by Crippen LogP contribution is -2.23. The van der Waals surface area contributed by atoms with Crippen molar-refractivity contribution in [3.63, 3.8) is 0 Å². The molecule has 0 unspecified atom stereocenters. The highest BCUT2D eigenvalue weighted by molar-refractivity contribution is 9.10. The lowest BCUT2D eigenvalue weighted by atomic mass is 10.3. The van der Waals surface area contributed by atoms with E-state index in [1.165, 1.54) is 16.7 Å². The highest BCUT2D eigenvalue weighted by Crippen LogP contribution is 2.24. The number of amidine groups is 1. The van der Waals surface area contributed by atoms with E-state index in [2.05, 4.69) is 20.9 Å². The fourth-order valence-corrected chi connectivity index (χ4v) is 2.13. The minimum absolute atomic E-state index is 0.191. The summed E-state index contributed by atoms with van der Waals surface area (Å²) in [4.78, 5) is 5.38. The van der Waals surface area contributed by atoms with Crippen molar-refractivity contribution in [1.29, 1.82) is 0 Å². The van der Waals surface area contributed by atoms with Crippen LogP contribution >= 0.6 is 27.7 Å². The molecule has 1 rings (SSSR count). The molecule has 0 spiro atoms. The molecule has 0 aromatic heterocycles. The summed E-state index contributed by atoms with van der Waals surface area (Å²) < 4.78 is 37.8. The van der Waals surface area contributed by atoms with Crippen molar-refractivity contribution in [3.05, 3.63) is 41.0 Å². The number of alkyl halides is 3. The Kier molecular flexibility index (Phi) is 5.93.